The average molecular weight is 232 g/mol. The van der Waals surface area contributed by atoms with Crippen molar-refractivity contribution in [3.63, 3.8) is 0 Å². The zero-order valence-electron chi connectivity index (χ0n) is 9.82. The van der Waals surface area contributed by atoms with E-state index in [1.807, 2.05) is 26.0 Å². The molecule has 0 spiro atoms. The maximum atomic E-state index is 5.91. The van der Waals surface area contributed by atoms with Crippen LogP contribution in [0.5, 0.6) is 0 Å². The first-order chi connectivity index (χ1) is 7.59. The van der Waals surface area contributed by atoms with Crippen molar-refractivity contribution in [2.75, 3.05) is 0 Å². The van der Waals surface area contributed by atoms with Gasteiger partial charge in [0.05, 0.1) is 5.69 Å². The molecule has 3 heteroatoms. The SMILES string of the molecule is Cc1ccccc1-c1nc(C)c(C(C)N)s1. The van der Waals surface area contributed by atoms with Gasteiger partial charge < -0.3 is 5.73 Å². The van der Waals surface area contributed by atoms with E-state index in [1.165, 1.54) is 16.0 Å². The van der Waals surface area contributed by atoms with E-state index < -0.39 is 0 Å². The molecule has 0 bridgehead atoms. The van der Waals surface area contributed by atoms with Crippen molar-refractivity contribution >= 4 is 11.3 Å². The third-order valence-corrected chi connectivity index (χ3v) is 4.01. The minimum absolute atomic E-state index is 0.0651. The predicted octanol–water partition coefficient (Wildman–Crippen LogP) is 3.45. The number of aryl methyl sites for hydroxylation is 2. The molecule has 0 radical (unpaired) electrons. The van der Waals surface area contributed by atoms with Gasteiger partial charge in [0, 0.05) is 16.5 Å². The van der Waals surface area contributed by atoms with Crippen LogP contribution in [0.2, 0.25) is 0 Å². The maximum absolute atomic E-state index is 5.91. The van der Waals surface area contributed by atoms with Gasteiger partial charge >= 0.3 is 0 Å². The Morgan fingerprint density at radius 1 is 1.25 bits per heavy atom. The van der Waals surface area contributed by atoms with E-state index in [1.54, 1.807) is 11.3 Å². The number of thiazole rings is 1. The van der Waals surface area contributed by atoms with E-state index in [4.69, 9.17) is 5.73 Å². The zero-order chi connectivity index (χ0) is 11.7. The molecule has 0 aliphatic rings. The molecule has 0 aliphatic carbocycles. The van der Waals surface area contributed by atoms with Gasteiger partial charge in [0.2, 0.25) is 0 Å². The lowest BCUT2D eigenvalue weighted by atomic mass is 10.1. The monoisotopic (exact) mass is 232 g/mol. The highest BCUT2D eigenvalue weighted by atomic mass is 32.1. The summed E-state index contributed by atoms with van der Waals surface area (Å²) in [6.45, 7) is 6.14. The second-order valence-corrected chi connectivity index (χ2v) is 5.10. The fraction of sp³-hybridized carbons (Fsp3) is 0.308. The number of nitrogens with zero attached hydrogens (tertiary/aromatic N) is 1. The molecule has 0 saturated heterocycles. The normalized spacial score (nSPS) is 12.8. The van der Waals surface area contributed by atoms with Crippen molar-refractivity contribution in [3.8, 4) is 10.6 Å². The highest BCUT2D eigenvalue weighted by molar-refractivity contribution is 7.15. The van der Waals surface area contributed by atoms with Crippen LogP contribution >= 0.6 is 11.3 Å². The minimum Gasteiger partial charge on any atom is -0.323 e. The molecule has 2 N–H and O–H groups in total. The largest absolute Gasteiger partial charge is 0.323 e. The first-order valence-electron chi connectivity index (χ1n) is 5.38. The molecule has 2 aromatic rings. The van der Waals surface area contributed by atoms with Crippen LogP contribution in [-0.2, 0) is 0 Å². The van der Waals surface area contributed by atoms with Crippen molar-refractivity contribution in [1.82, 2.24) is 4.98 Å². The van der Waals surface area contributed by atoms with Crippen LogP contribution in [0, 0.1) is 13.8 Å². The number of hydrogen-bond acceptors (Lipinski definition) is 3. The summed E-state index contributed by atoms with van der Waals surface area (Å²) in [4.78, 5) is 5.78. The molecular weight excluding hydrogens is 216 g/mol. The molecule has 16 heavy (non-hydrogen) atoms. The Labute approximate surface area is 100 Å². The number of rotatable bonds is 2. The van der Waals surface area contributed by atoms with Crippen molar-refractivity contribution in [3.05, 3.63) is 40.4 Å². The predicted molar refractivity (Wildman–Crippen MR) is 69.6 cm³/mol. The molecule has 1 unspecified atom stereocenters. The van der Waals surface area contributed by atoms with Gasteiger partial charge in [-0.3, -0.25) is 0 Å². The summed E-state index contributed by atoms with van der Waals surface area (Å²) in [7, 11) is 0. The van der Waals surface area contributed by atoms with Crippen molar-refractivity contribution < 1.29 is 0 Å². The maximum Gasteiger partial charge on any atom is 0.124 e. The van der Waals surface area contributed by atoms with E-state index in [0.717, 1.165) is 10.7 Å². The molecule has 2 rings (SSSR count). The van der Waals surface area contributed by atoms with E-state index in [2.05, 4.69) is 24.0 Å². The molecule has 1 atom stereocenters. The molecule has 0 aliphatic heterocycles. The van der Waals surface area contributed by atoms with Crippen LogP contribution in [-0.4, -0.2) is 4.98 Å². The van der Waals surface area contributed by atoms with Gasteiger partial charge in [0.15, 0.2) is 0 Å². The van der Waals surface area contributed by atoms with E-state index in [9.17, 15) is 0 Å². The molecule has 1 aromatic heterocycles. The topological polar surface area (TPSA) is 38.9 Å². The molecule has 1 heterocycles. The Morgan fingerprint density at radius 3 is 2.50 bits per heavy atom. The van der Waals surface area contributed by atoms with Gasteiger partial charge in [-0.2, -0.15) is 0 Å². The lowest BCUT2D eigenvalue weighted by Crippen LogP contribution is -2.03. The number of aromatic nitrogens is 1. The third kappa shape index (κ3) is 2.01. The van der Waals surface area contributed by atoms with E-state index in [0.29, 0.717) is 0 Å². The molecule has 0 fully saturated rings. The Balaban J connectivity index is 2.50. The van der Waals surface area contributed by atoms with Gasteiger partial charge in [0.25, 0.3) is 0 Å². The van der Waals surface area contributed by atoms with Gasteiger partial charge in [0.1, 0.15) is 5.01 Å². The number of hydrogen-bond donors (Lipinski definition) is 1. The average Bonchev–Trinajstić information content (AvgIpc) is 2.61. The summed E-state index contributed by atoms with van der Waals surface area (Å²) < 4.78 is 0. The standard InChI is InChI=1S/C13H16N2S/c1-8-6-4-5-7-11(8)13-15-10(3)12(16-13)9(2)14/h4-7,9H,14H2,1-3H3. The van der Waals surface area contributed by atoms with E-state index in [-0.39, 0.29) is 6.04 Å². The van der Waals surface area contributed by atoms with E-state index >= 15 is 0 Å². The highest BCUT2D eigenvalue weighted by Gasteiger charge is 2.13. The van der Waals surface area contributed by atoms with Gasteiger partial charge in [-0.15, -0.1) is 11.3 Å². The minimum atomic E-state index is 0.0651. The van der Waals surface area contributed by atoms with Gasteiger partial charge in [-0.05, 0) is 26.3 Å². The fourth-order valence-electron chi connectivity index (χ4n) is 1.76. The van der Waals surface area contributed by atoms with Crippen LogP contribution < -0.4 is 5.73 Å². The lowest BCUT2D eigenvalue weighted by Gasteiger charge is -2.01. The first-order valence-corrected chi connectivity index (χ1v) is 6.20. The Bertz CT molecular complexity index is 500. The van der Waals surface area contributed by atoms with Crippen LogP contribution in [0.3, 0.4) is 0 Å². The quantitative estimate of drug-likeness (QED) is 0.861. The lowest BCUT2D eigenvalue weighted by molar-refractivity contribution is 0.825. The Morgan fingerprint density at radius 2 is 1.94 bits per heavy atom. The summed E-state index contributed by atoms with van der Waals surface area (Å²) in [6, 6.07) is 8.38. The van der Waals surface area contributed by atoms with Crippen molar-refractivity contribution in [2.45, 2.75) is 26.8 Å². The molecule has 0 saturated carbocycles. The summed E-state index contributed by atoms with van der Waals surface area (Å²) in [5, 5.41) is 1.07. The Hall–Kier alpha value is -1.19. The van der Waals surface area contributed by atoms with Crippen molar-refractivity contribution in [2.24, 2.45) is 5.73 Å². The second-order valence-electron chi connectivity index (χ2n) is 4.07. The molecule has 2 nitrogen and oxygen atoms in total. The first kappa shape index (κ1) is 11.3. The van der Waals surface area contributed by atoms with Gasteiger partial charge in [-0.25, -0.2) is 4.98 Å². The second kappa shape index (κ2) is 4.36. The molecule has 84 valence electrons. The fourth-order valence-corrected chi connectivity index (χ4v) is 2.87. The van der Waals surface area contributed by atoms with Crippen molar-refractivity contribution in [1.29, 1.82) is 0 Å². The zero-order valence-corrected chi connectivity index (χ0v) is 10.6. The van der Waals surface area contributed by atoms with Crippen LogP contribution in [0.4, 0.5) is 0 Å². The Kier molecular flexibility index (Phi) is 3.08. The summed E-state index contributed by atoms with van der Waals surface area (Å²) in [5.74, 6) is 0. The van der Waals surface area contributed by atoms with Gasteiger partial charge in [-0.1, -0.05) is 24.3 Å². The summed E-state index contributed by atoms with van der Waals surface area (Å²) >= 11 is 1.70. The summed E-state index contributed by atoms with van der Waals surface area (Å²) in [5.41, 5.74) is 9.44. The molecular formula is C13H16N2S. The van der Waals surface area contributed by atoms with Crippen LogP contribution in [0.25, 0.3) is 10.6 Å². The molecule has 1 aromatic carbocycles. The number of nitrogens with two attached hydrogens (primary N) is 1. The molecule has 0 amide bonds. The summed E-state index contributed by atoms with van der Waals surface area (Å²) in [6.07, 6.45) is 0. The highest BCUT2D eigenvalue weighted by Crippen LogP contribution is 2.32. The van der Waals surface area contributed by atoms with Crippen LogP contribution in [0.15, 0.2) is 24.3 Å². The smallest absolute Gasteiger partial charge is 0.124 e. The third-order valence-electron chi connectivity index (χ3n) is 2.62. The van der Waals surface area contributed by atoms with Crippen LogP contribution in [0.1, 0.15) is 29.1 Å². The number of benzene rings is 1.